The maximum Gasteiger partial charge on any atom is 0.258 e. The Morgan fingerprint density at radius 1 is 0.871 bits per heavy atom. The molecule has 0 saturated carbocycles. The maximum atomic E-state index is 12.5. The van der Waals surface area contributed by atoms with Gasteiger partial charge in [0.05, 0.1) is 10.9 Å². The van der Waals surface area contributed by atoms with Gasteiger partial charge in [0.1, 0.15) is 5.82 Å². The Bertz CT molecular complexity index is 1160. The molecule has 0 atom stereocenters. The Labute approximate surface area is 181 Å². The summed E-state index contributed by atoms with van der Waals surface area (Å²) in [6.07, 6.45) is 1.55. The predicted octanol–water partition coefficient (Wildman–Crippen LogP) is 4.19. The number of benzene rings is 3. The number of fused-ring (bicyclic) bond motifs is 1. The van der Waals surface area contributed by atoms with Gasteiger partial charge in [-0.05, 0) is 29.7 Å². The highest BCUT2D eigenvalue weighted by molar-refractivity contribution is 5.77. The van der Waals surface area contributed by atoms with Gasteiger partial charge in [0.15, 0.2) is 0 Å². The highest BCUT2D eigenvalue weighted by atomic mass is 16.1. The van der Waals surface area contributed by atoms with Crippen LogP contribution in [0, 0.1) is 0 Å². The van der Waals surface area contributed by atoms with E-state index in [0.717, 1.165) is 0 Å². The fourth-order valence-corrected chi connectivity index (χ4v) is 3.77. The van der Waals surface area contributed by atoms with E-state index in [4.69, 9.17) is 0 Å². The van der Waals surface area contributed by atoms with E-state index in [9.17, 15) is 9.59 Å². The second-order valence-electron chi connectivity index (χ2n) is 7.56. The molecule has 2 N–H and O–H groups in total. The largest absolute Gasteiger partial charge is 0.355 e. The molecule has 0 aliphatic carbocycles. The van der Waals surface area contributed by atoms with Crippen LogP contribution in [0.1, 0.15) is 35.7 Å². The minimum Gasteiger partial charge on any atom is -0.355 e. The van der Waals surface area contributed by atoms with E-state index in [2.05, 4.69) is 39.6 Å². The van der Waals surface area contributed by atoms with E-state index in [1.54, 1.807) is 6.07 Å². The van der Waals surface area contributed by atoms with E-state index < -0.39 is 0 Å². The maximum absolute atomic E-state index is 12.5. The van der Waals surface area contributed by atoms with Gasteiger partial charge in [0.2, 0.25) is 5.91 Å². The van der Waals surface area contributed by atoms with Crippen molar-refractivity contribution in [3.05, 3.63) is 112 Å². The van der Waals surface area contributed by atoms with Gasteiger partial charge in [-0.15, -0.1) is 0 Å². The topological polar surface area (TPSA) is 74.8 Å². The van der Waals surface area contributed by atoms with Crippen molar-refractivity contribution >= 4 is 16.8 Å². The number of hydrogen-bond acceptors (Lipinski definition) is 3. The van der Waals surface area contributed by atoms with Crippen LogP contribution in [-0.4, -0.2) is 22.4 Å². The molecule has 4 aromatic rings. The summed E-state index contributed by atoms with van der Waals surface area (Å²) in [6.45, 7) is 0.540. The minimum absolute atomic E-state index is 0.00000152. The number of H-pyrrole nitrogens is 1. The van der Waals surface area contributed by atoms with Crippen LogP contribution in [0.25, 0.3) is 10.9 Å². The van der Waals surface area contributed by atoms with Gasteiger partial charge < -0.3 is 10.3 Å². The van der Waals surface area contributed by atoms with E-state index in [1.807, 2.05) is 54.6 Å². The molecule has 5 nitrogen and oxygen atoms in total. The summed E-state index contributed by atoms with van der Waals surface area (Å²) in [7, 11) is 0. The molecule has 4 rings (SSSR count). The first kappa shape index (κ1) is 20.5. The molecule has 156 valence electrons. The Kier molecular flexibility index (Phi) is 6.53. The third-order valence-corrected chi connectivity index (χ3v) is 5.39. The molecule has 0 saturated heterocycles. The third-order valence-electron chi connectivity index (χ3n) is 5.39. The average molecular weight is 412 g/mol. The van der Waals surface area contributed by atoms with Gasteiger partial charge in [-0.1, -0.05) is 72.8 Å². The van der Waals surface area contributed by atoms with Crippen LogP contribution in [0.5, 0.6) is 0 Å². The van der Waals surface area contributed by atoms with Gasteiger partial charge in [0.25, 0.3) is 5.56 Å². The minimum atomic E-state index is -0.140. The van der Waals surface area contributed by atoms with Crippen LogP contribution in [-0.2, 0) is 11.2 Å². The van der Waals surface area contributed by atoms with Gasteiger partial charge in [-0.25, -0.2) is 4.98 Å². The summed E-state index contributed by atoms with van der Waals surface area (Å²) in [4.78, 5) is 32.0. The van der Waals surface area contributed by atoms with E-state index in [1.165, 1.54) is 11.1 Å². The van der Waals surface area contributed by atoms with Crippen molar-refractivity contribution in [2.75, 3.05) is 6.54 Å². The molecule has 0 aliphatic heterocycles. The zero-order valence-corrected chi connectivity index (χ0v) is 17.3. The quantitative estimate of drug-likeness (QED) is 0.456. The zero-order chi connectivity index (χ0) is 21.5. The summed E-state index contributed by atoms with van der Waals surface area (Å²) in [6, 6.07) is 27.7. The van der Waals surface area contributed by atoms with Crippen LogP contribution in [0.3, 0.4) is 0 Å². The van der Waals surface area contributed by atoms with Gasteiger partial charge in [0, 0.05) is 25.3 Å². The number of hydrogen-bond donors (Lipinski definition) is 2. The van der Waals surface area contributed by atoms with Crippen molar-refractivity contribution in [2.45, 2.75) is 25.2 Å². The number of aryl methyl sites for hydroxylation is 1. The monoisotopic (exact) mass is 411 g/mol. The lowest BCUT2D eigenvalue weighted by atomic mass is 9.91. The average Bonchev–Trinajstić information content (AvgIpc) is 2.81. The normalized spacial score (nSPS) is 11.0. The van der Waals surface area contributed by atoms with Gasteiger partial charge >= 0.3 is 0 Å². The van der Waals surface area contributed by atoms with E-state index in [0.29, 0.717) is 42.5 Å². The third kappa shape index (κ3) is 5.25. The Morgan fingerprint density at radius 3 is 2.16 bits per heavy atom. The number of para-hydroxylation sites is 1. The number of rotatable bonds is 8. The number of nitrogens with zero attached hydrogens (tertiary/aromatic N) is 1. The lowest BCUT2D eigenvalue weighted by molar-refractivity contribution is -0.121. The van der Waals surface area contributed by atoms with Crippen LogP contribution in [0.2, 0.25) is 0 Å². The number of carbonyl (C=O) groups is 1. The summed E-state index contributed by atoms with van der Waals surface area (Å²) < 4.78 is 0. The van der Waals surface area contributed by atoms with Crippen molar-refractivity contribution in [3.63, 3.8) is 0 Å². The van der Waals surface area contributed by atoms with Crippen molar-refractivity contribution in [1.82, 2.24) is 15.3 Å². The molecule has 0 fully saturated rings. The van der Waals surface area contributed by atoms with E-state index in [-0.39, 0.29) is 17.4 Å². The SMILES string of the molecule is O=C(CCCc1nc2ccccc2c(=O)[nH]1)NCC(c1ccccc1)c1ccccc1. The smallest absolute Gasteiger partial charge is 0.258 e. The number of aromatic amines is 1. The number of carbonyl (C=O) groups excluding carboxylic acids is 1. The molecule has 1 amide bonds. The van der Waals surface area contributed by atoms with Crippen molar-refractivity contribution in [1.29, 1.82) is 0 Å². The highest BCUT2D eigenvalue weighted by Crippen LogP contribution is 2.23. The van der Waals surface area contributed by atoms with Gasteiger partial charge in [-0.2, -0.15) is 0 Å². The molecule has 1 aromatic heterocycles. The first-order valence-electron chi connectivity index (χ1n) is 10.6. The Hall–Kier alpha value is -3.73. The second-order valence-corrected chi connectivity index (χ2v) is 7.56. The molecular weight excluding hydrogens is 386 g/mol. The Balaban J connectivity index is 1.34. The summed E-state index contributed by atoms with van der Waals surface area (Å²) in [5.74, 6) is 0.716. The molecular formula is C26H25N3O2. The molecule has 1 heterocycles. The summed E-state index contributed by atoms with van der Waals surface area (Å²) >= 11 is 0. The molecule has 0 aliphatic rings. The predicted molar refractivity (Wildman–Crippen MR) is 123 cm³/mol. The summed E-state index contributed by atoms with van der Waals surface area (Å²) in [5, 5.41) is 3.66. The van der Waals surface area contributed by atoms with E-state index >= 15 is 0 Å². The molecule has 0 bridgehead atoms. The van der Waals surface area contributed by atoms with Crippen LogP contribution >= 0.6 is 0 Å². The number of nitrogens with one attached hydrogen (secondary N) is 2. The van der Waals surface area contributed by atoms with Crippen molar-refractivity contribution in [2.24, 2.45) is 0 Å². The molecule has 3 aromatic carbocycles. The molecule has 0 radical (unpaired) electrons. The number of aromatic nitrogens is 2. The lowest BCUT2D eigenvalue weighted by Gasteiger charge is -2.19. The zero-order valence-electron chi connectivity index (χ0n) is 17.3. The Morgan fingerprint density at radius 2 is 1.48 bits per heavy atom. The molecule has 0 spiro atoms. The standard InChI is InChI=1S/C26H25N3O2/c30-25(17-9-16-24-28-23-15-8-7-14-21(23)26(31)29-24)27-18-22(19-10-3-1-4-11-19)20-12-5-2-6-13-20/h1-8,10-15,22H,9,16-18H2,(H,27,30)(H,28,29,31). The first-order valence-corrected chi connectivity index (χ1v) is 10.6. The summed E-state index contributed by atoms with van der Waals surface area (Å²) in [5.41, 5.74) is 2.89. The fraction of sp³-hybridized carbons (Fsp3) is 0.192. The van der Waals surface area contributed by atoms with Gasteiger partial charge in [-0.3, -0.25) is 9.59 Å². The fourth-order valence-electron chi connectivity index (χ4n) is 3.77. The number of amides is 1. The second kappa shape index (κ2) is 9.85. The molecule has 5 heteroatoms. The van der Waals surface area contributed by atoms with Crippen LogP contribution < -0.4 is 10.9 Å². The van der Waals surface area contributed by atoms with Crippen LogP contribution in [0.15, 0.2) is 89.7 Å². The van der Waals surface area contributed by atoms with Crippen molar-refractivity contribution in [3.8, 4) is 0 Å². The molecule has 31 heavy (non-hydrogen) atoms. The highest BCUT2D eigenvalue weighted by Gasteiger charge is 2.15. The van der Waals surface area contributed by atoms with Crippen molar-refractivity contribution < 1.29 is 4.79 Å². The van der Waals surface area contributed by atoms with Crippen LogP contribution in [0.4, 0.5) is 0 Å². The first-order chi connectivity index (χ1) is 15.2. The molecule has 0 unspecified atom stereocenters. The lowest BCUT2D eigenvalue weighted by Crippen LogP contribution is -2.28.